The number of rotatable bonds is 4. The SMILES string of the molecule is N#Cc1cc(C#N)c(SCC(=O)NC2CCCCCC2)nc1N. The number of nitriles is 2. The van der Waals surface area contributed by atoms with Crippen molar-refractivity contribution in [2.24, 2.45) is 0 Å². The van der Waals surface area contributed by atoms with Crippen LogP contribution in [0.3, 0.4) is 0 Å². The van der Waals surface area contributed by atoms with Gasteiger partial charge in [0.05, 0.1) is 16.9 Å². The molecule has 1 fully saturated rings. The molecule has 23 heavy (non-hydrogen) atoms. The Kier molecular flexibility index (Phi) is 6.25. The first kappa shape index (κ1) is 17.1. The van der Waals surface area contributed by atoms with E-state index in [1.165, 1.54) is 30.7 Å². The van der Waals surface area contributed by atoms with Crippen LogP contribution in [0.5, 0.6) is 0 Å². The minimum absolute atomic E-state index is 0.0597. The second kappa shape index (κ2) is 8.40. The number of nitrogen functional groups attached to an aromatic ring is 1. The quantitative estimate of drug-likeness (QED) is 0.647. The molecule has 0 spiro atoms. The van der Waals surface area contributed by atoms with Crippen molar-refractivity contribution in [1.82, 2.24) is 10.3 Å². The Bertz CT molecular complexity index is 654. The predicted octanol–water partition coefficient (Wildman–Crippen LogP) is 2.34. The molecule has 1 saturated carbocycles. The number of nitrogens with two attached hydrogens (primary N) is 1. The van der Waals surface area contributed by atoms with Crippen molar-refractivity contribution in [1.29, 1.82) is 10.5 Å². The number of nitrogens with one attached hydrogen (secondary N) is 1. The van der Waals surface area contributed by atoms with E-state index < -0.39 is 0 Å². The van der Waals surface area contributed by atoms with Crippen LogP contribution >= 0.6 is 11.8 Å². The summed E-state index contributed by atoms with van der Waals surface area (Å²) in [7, 11) is 0. The zero-order valence-corrected chi connectivity index (χ0v) is 13.7. The van der Waals surface area contributed by atoms with Crippen LogP contribution in [0.1, 0.15) is 49.7 Å². The van der Waals surface area contributed by atoms with E-state index in [4.69, 9.17) is 16.3 Å². The summed E-state index contributed by atoms with van der Waals surface area (Å²) >= 11 is 1.17. The molecule has 1 aliphatic carbocycles. The van der Waals surface area contributed by atoms with E-state index in [0.29, 0.717) is 5.03 Å². The molecule has 0 saturated heterocycles. The molecule has 2 rings (SSSR count). The van der Waals surface area contributed by atoms with Gasteiger partial charge in [0.15, 0.2) is 0 Å². The molecule has 6 nitrogen and oxygen atoms in total. The molecule has 1 aromatic rings. The maximum absolute atomic E-state index is 12.1. The minimum Gasteiger partial charge on any atom is -0.383 e. The Morgan fingerprint density at radius 3 is 2.52 bits per heavy atom. The van der Waals surface area contributed by atoms with Gasteiger partial charge in [-0.25, -0.2) is 4.98 Å². The van der Waals surface area contributed by atoms with Crippen molar-refractivity contribution in [3.05, 3.63) is 17.2 Å². The zero-order chi connectivity index (χ0) is 16.7. The van der Waals surface area contributed by atoms with E-state index in [9.17, 15) is 4.79 Å². The molecule has 1 heterocycles. The second-order valence-corrected chi connectivity index (χ2v) is 6.51. The van der Waals surface area contributed by atoms with Gasteiger partial charge in [0.2, 0.25) is 5.91 Å². The number of hydrogen-bond donors (Lipinski definition) is 2. The summed E-state index contributed by atoms with van der Waals surface area (Å²) in [5.41, 5.74) is 6.11. The zero-order valence-electron chi connectivity index (χ0n) is 12.8. The fraction of sp³-hybridized carbons (Fsp3) is 0.500. The maximum atomic E-state index is 12.1. The molecular weight excluding hydrogens is 310 g/mol. The Balaban J connectivity index is 1.95. The molecule has 1 aromatic heterocycles. The van der Waals surface area contributed by atoms with Gasteiger partial charge in [0.1, 0.15) is 23.0 Å². The van der Waals surface area contributed by atoms with Crippen molar-refractivity contribution < 1.29 is 4.79 Å². The number of nitrogens with zero attached hydrogens (tertiary/aromatic N) is 3. The summed E-state index contributed by atoms with van der Waals surface area (Å²) in [4.78, 5) is 16.1. The lowest BCUT2D eigenvalue weighted by Gasteiger charge is -2.16. The number of aromatic nitrogens is 1. The number of carbonyl (C=O) groups excluding carboxylic acids is 1. The van der Waals surface area contributed by atoms with Gasteiger partial charge in [-0.3, -0.25) is 4.79 Å². The first-order chi connectivity index (χ1) is 11.1. The standard InChI is InChI=1S/C16H19N5OS/c17-8-11-7-12(9-18)16(21-15(11)19)23-10-14(22)20-13-5-3-1-2-4-6-13/h7,13H,1-6,10H2,(H2,19,21)(H,20,22). The first-order valence-electron chi connectivity index (χ1n) is 7.67. The van der Waals surface area contributed by atoms with Gasteiger partial charge in [-0.15, -0.1) is 0 Å². The second-order valence-electron chi connectivity index (χ2n) is 5.54. The Morgan fingerprint density at radius 2 is 1.91 bits per heavy atom. The molecule has 0 bridgehead atoms. The predicted molar refractivity (Wildman–Crippen MR) is 88.4 cm³/mol. The summed E-state index contributed by atoms with van der Waals surface area (Å²) in [5.74, 6) is 0.206. The van der Waals surface area contributed by atoms with E-state index in [1.54, 1.807) is 0 Å². The Labute approximate surface area is 140 Å². The molecule has 0 aromatic carbocycles. The molecule has 120 valence electrons. The van der Waals surface area contributed by atoms with Crippen LogP contribution in [-0.4, -0.2) is 22.7 Å². The largest absolute Gasteiger partial charge is 0.383 e. The monoisotopic (exact) mass is 329 g/mol. The lowest BCUT2D eigenvalue weighted by Crippen LogP contribution is -2.35. The average molecular weight is 329 g/mol. The van der Waals surface area contributed by atoms with E-state index in [1.807, 2.05) is 12.1 Å². The highest BCUT2D eigenvalue weighted by molar-refractivity contribution is 8.00. The van der Waals surface area contributed by atoms with Gasteiger partial charge in [-0.05, 0) is 18.9 Å². The average Bonchev–Trinajstić information content (AvgIpc) is 2.81. The lowest BCUT2D eigenvalue weighted by atomic mass is 10.1. The van der Waals surface area contributed by atoms with Crippen molar-refractivity contribution in [3.63, 3.8) is 0 Å². The highest BCUT2D eigenvalue weighted by Gasteiger charge is 2.16. The number of thioether (sulfide) groups is 1. The summed E-state index contributed by atoms with van der Waals surface area (Å²) in [5, 5.41) is 21.5. The normalized spacial score (nSPS) is 15.2. The summed E-state index contributed by atoms with van der Waals surface area (Å²) in [6.07, 6.45) is 6.85. The third kappa shape index (κ3) is 4.87. The van der Waals surface area contributed by atoms with Gasteiger partial charge in [0.25, 0.3) is 0 Å². The van der Waals surface area contributed by atoms with Crippen LogP contribution in [0.4, 0.5) is 5.82 Å². The van der Waals surface area contributed by atoms with E-state index in [2.05, 4.69) is 10.3 Å². The molecule has 0 radical (unpaired) electrons. The molecule has 7 heteroatoms. The highest BCUT2D eigenvalue weighted by atomic mass is 32.2. The molecule has 1 amide bonds. The molecule has 1 aliphatic rings. The van der Waals surface area contributed by atoms with E-state index in [-0.39, 0.29) is 34.6 Å². The topological polar surface area (TPSA) is 116 Å². The van der Waals surface area contributed by atoms with Crippen LogP contribution in [0.25, 0.3) is 0 Å². The van der Waals surface area contributed by atoms with Crippen molar-refractivity contribution >= 4 is 23.5 Å². The molecule has 0 unspecified atom stereocenters. The third-order valence-corrected chi connectivity index (χ3v) is 4.81. The Hall–Kier alpha value is -2.25. The smallest absolute Gasteiger partial charge is 0.230 e. The minimum atomic E-state index is -0.0597. The maximum Gasteiger partial charge on any atom is 0.230 e. The fourth-order valence-corrected chi connectivity index (χ4v) is 3.39. The fourth-order valence-electron chi connectivity index (χ4n) is 2.62. The third-order valence-electron chi connectivity index (χ3n) is 3.82. The Morgan fingerprint density at radius 1 is 1.26 bits per heavy atom. The molecule has 0 atom stereocenters. The number of amides is 1. The van der Waals surface area contributed by atoms with Crippen LogP contribution in [-0.2, 0) is 4.79 Å². The van der Waals surface area contributed by atoms with Gasteiger partial charge in [0, 0.05) is 6.04 Å². The van der Waals surface area contributed by atoms with Crippen molar-refractivity contribution in [2.75, 3.05) is 11.5 Å². The van der Waals surface area contributed by atoms with Crippen LogP contribution in [0.15, 0.2) is 11.1 Å². The first-order valence-corrected chi connectivity index (χ1v) is 8.65. The summed E-state index contributed by atoms with van der Waals surface area (Å²) in [6, 6.07) is 5.54. The molecule has 3 N–H and O–H groups in total. The van der Waals surface area contributed by atoms with E-state index >= 15 is 0 Å². The lowest BCUT2D eigenvalue weighted by molar-refractivity contribution is -0.119. The van der Waals surface area contributed by atoms with Gasteiger partial charge in [-0.2, -0.15) is 10.5 Å². The van der Waals surface area contributed by atoms with Gasteiger partial charge < -0.3 is 11.1 Å². The van der Waals surface area contributed by atoms with Crippen LogP contribution in [0.2, 0.25) is 0 Å². The summed E-state index contributed by atoms with van der Waals surface area (Å²) < 4.78 is 0. The number of pyridine rings is 1. The van der Waals surface area contributed by atoms with E-state index in [0.717, 1.165) is 25.7 Å². The number of hydrogen-bond acceptors (Lipinski definition) is 6. The van der Waals surface area contributed by atoms with Gasteiger partial charge >= 0.3 is 0 Å². The molecule has 0 aliphatic heterocycles. The summed E-state index contributed by atoms with van der Waals surface area (Å²) in [6.45, 7) is 0. The number of anilines is 1. The van der Waals surface area contributed by atoms with Crippen molar-refractivity contribution in [2.45, 2.75) is 49.6 Å². The highest BCUT2D eigenvalue weighted by Crippen LogP contribution is 2.24. The van der Waals surface area contributed by atoms with Crippen LogP contribution < -0.4 is 11.1 Å². The van der Waals surface area contributed by atoms with Crippen LogP contribution in [0, 0.1) is 22.7 Å². The number of carbonyl (C=O) groups is 1. The van der Waals surface area contributed by atoms with Crippen molar-refractivity contribution in [3.8, 4) is 12.1 Å². The van der Waals surface area contributed by atoms with Gasteiger partial charge in [-0.1, -0.05) is 37.4 Å². The molecular formula is C16H19N5OS.